The van der Waals surface area contributed by atoms with Crippen molar-refractivity contribution in [3.8, 4) is 0 Å². The Balaban J connectivity index is 1.97. The summed E-state index contributed by atoms with van der Waals surface area (Å²) in [5.41, 5.74) is 0.0348. The van der Waals surface area contributed by atoms with E-state index < -0.39 is 5.72 Å². The van der Waals surface area contributed by atoms with Crippen molar-refractivity contribution in [3.05, 3.63) is 59.1 Å². The second-order valence-corrected chi connectivity index (χ2v) is 7.22. The summed E-state index contributed by atoms with van der Waals surface area (Å²) in [6, 6.07) is 16.3. The normalized spacial score (nSPS) is 15.4. The van der Waals surface area contributed by atoms with Gasteiger partial charge in [0.2, 0.25) is 0 Å². The molecule has 0 saturated carbocycles. The molecule has 0 radical (unpaired) electrons. The largest absolute Gasteiger partial charge is 0.396 e. The maximum Gasteiger partial charge on any atom is 0.116 e. The lowest BCUT2D eigenvalue weighted by Gasteiger charge is -2.31. The maximum atomic E-state index is 10.6. The number of rotatable bonds is 6. The van der Waals surface area contributed by atoms with E-state index >= 15 is 0 Å². The summed E-state index contributed by atoms with van der Waals surface area (Å²) in [6.07, 6.45) is 0.548. The van der Waals surface area contributed by atoms with E-state index in [9.17, 15) is 5.11 Å². The first-order valence-electron chi connectivity index (χ1n) is 8.61. The van der Waals surface area contributed by atoms with Crippen LogP contribution < -0.4 is 5.32 Å². The second-order valence-electron chi connectivity index (χ2n) is 6.84. The molecule has 25 heavy (non-hydrogen) atoms. The highest BCUT2D eigenvalue weighted by Crippen LogP contribution is 2.34. The Morgan fingerprint density at radius 3 is 2.56 bits per heavy atom. The Kier molecular flexibility index (Phi) is 5.30. The first kappa shape index (κ1) is 18.2. The fourth-order valence-electron chi connectivity index (χ4n) is 3.18. The van der Waals surface area contributed by atoms with Gasteiger partial charge in [0.1, 0.15) is 5.72 Å². The molecule has 3 aromatic rings. The summed E-state index contributed by atoms with van der Waals surface area (Å²) in [6.45, 7) is 4.27. The predicted molar refractivity (Wildman–Crippen MR) is 105 cm³/mol. The van der Waals surface area contributed by atoms with Crippen LogP contribution in [0.3, 0.4) is 0 Å². The van der Waals surface area contributed by atoms with Crippen molar-refractivity contribution >= 4 is 33.1 Å². The van der Waals surface area contributed by atoms with E-state index in [0.717, 1.165) is 32.1 Å². The van der Waals surface area contributed by atoms with Crippen LogP contribution in [0.1, 0.15) is 25.8 Å². The third-order valence-electron chi connectivity index (χ3n) is 5.09. The molecular formula is C21H24ClNO2. The van der Waals surface area contributed by atoms with Crippen molar-refractivity contribution in [1.82, 2.24) is 5.32 Å². The van der Waals surface area contributed by atoms with Gasteiger partial charge in [-0.3, -0.25) is 5.32 Å². The molecule has 0 spiro atoms. The molecule has 3 aromatic carbocycles. The zero-order chi connectivity index (χ0) is 18.0. The molecule has 0 aliphatic carbocycles. The standard InChI is InChI=1S/C21H24ClNO2/c1-14(10-11-24)21(2,25)23-13-16-7-5-9-18-19(16)12-15-6-3-4-8-17(15)20(18)22/h3-9,12,14,23-25H,10-11,13H2,1-2H3. The first-order chi connectivity index (χ1) is 11.9. The highest BCUT2D eigenvalue weighted by molar-refractivity contribution is 6.40. The van der Waals surface area contributed by atoms with Crippen molar-refractivity contribution in [2.45, 2.75) is 32.5 Å². The van der Waals surface area contributed by atoms with Crippen molar-refractivity contribution in [1.29, 1.82) is 0 Å². The van der Waals surface area contributed by atoms with E-state index in [0.29, 0.717) is 13.0 Å². The third kappa shape index (κ3) is 3.65. The van der Waals surface area contributed by atoms with E-state index in [2.05, 4.69) is 17.4 Å². The Bertz CT molecular complexity index is 892. The SMILES string of the molecule is CC(CCO)C(C)(O)NCc1cccc2c(Cl)c3ccccc3cc12. The van der Waals surface area contributed by atoms with Crippen molar-refractivity contribution in [2.75, 3.05) is 6.61 Å². The molecule has 0 heterocycles. The van der Waals surface area contributed by atoms with E-state index in [4.69, 9.17) is 16.7 Å². The molecule has 132 valence electrons. The minimum atomic E-state index is -1.05. The summed E-state index contributed by atoms with van der Waals surface area (Å²) in [4.78, 5) is 0. The molecule has 0 saturated heterocycles. The lowest BCUT2D eigenvalue weighted by atomic mass is 9.95. The summed E-state index contributed by atoms with van der Waals surface area (Å²) >= 11 is 6.63. The Morgan fingerprint density at radius 1 is 1.08 bits per heavy atom. The zero-order valence-electron chi connectivity index (χ0n) is 14.6. The first-order valence-corrected chi connectivity index (χ1v) is 8.99. The molecule has 3 nitrogen and oxygen atoms in total. The van der Waals surface area contributed by atoms with Gasteiger partial charge in [-0.15, -0.1) is 0 Å². The number of hydrogen-bond acceptors (Lipinski definition) is 3. The quantitative estimate of drug-likeness (QED) is 0.451. The molecule has 0 aromatic heterocycles. The topological polar surface area (TPSA) is 52.5 Å². The number of aliphatic hydroxyl groups is 2. The molecule has 0 fully saturated rings. The Hall–Kier alpha value is -1.65. The molecule has 2 unspecified atom stereocenters. The minimum absolute atomic E-state index is 0.0584. The molecule has 0 aliphatic heterocycles. The minimum Gasteiger partial charge on any atom is -0.396 e. The van der Waals surface area contributed by atoms with Gasteiger partial charge in [-0.25, -0.2) is 0 Å². The van der Waals surface area contributed by atoms with Crippen LogP contribution in [0.4, 0.5) is 0 Å². The summed E-state index contributed by atoms with van der Waals surface area (Å²) in [7, 11) is 0. The zero-order valence-corrected chi connectivity index (χ0v) is 15.3. The molecular weight excluding hydrogens is 334 g/mol. The van der Waals surface area contributed by atoms with Crippen molar-refractivity contribution in [3.63, 3.8) is 0 Å². The van der Waals surface area contributed by atoms with Gasteiger partial charge in [-0.2, -0.15) is 0 Å². The van der Waals surface area contributed by atoms with Crippen molar-refractivity contribution < 1.29 is 10.2 Å². The van der Waals surface area contributed by atoms with E-state index in [1.54, 1.807) is 6.92 Å². The number of hydrogen-bond donors (Lipinski definition) is 3. The van der Waals surface area contributed by atoms with Gasteiger partial charge < -0.3 is 10.2 Å². The predicted octanol–water partition coefficient (Wildman–Crippen LogP) is 4.46. The van der Waals surface area contributed by atoms with Crippen LogP contribution in [0.2, 0.25) is 5.02 Å². The van der Waals surface area contributed by atoms with Crippen LogP contribution in [0.5, 0.6) is 0 Å². The molecule has 3 N–H and O–H groups in total. The highest BCUT2D eigenvalue weighted by atomic mass is 35.5. The smallest absolute Gasteiger partial charge is 0.116 e. The number of halogens is 1. The van der Waals surface area contributed by atoms with E-state index in [1.807, 2.05) is 43.3 Å². The van der Waals surface area contributed by atoms with Crippen LogP contribution in [0.15, 0.2) is 48.5 Å². The lowest BCUT2D eigenvalue weighted by molar-refractivity contribution is -0.0355. The Morgan fingerprint density at radius 2 is 1.80 bits per heavy atom. The van der Waals surface area contributed by atoms with Crippen LogP contribution in [-0.2, 0) is 6.54 Å². The molecule has 4 heteroatoms. The van der Waals surface area contributed by atoms with Gasteiger partial charge in [0, 0.05) is 29.8 Å². The summed E-state index contributed by atoms with van der Waals surface area (Å²) in [5, 5.41) is 28.0. The number of benzene rings is 3. The molecule has 2 atom stereocenters. The van der Waals surface area contributed by atoms with Gasteiger partial charge in [-0.1, -0.05) is 61.0 Å². The highest BCUT2D eigenvalue weighted by Gasteiger charge is 2.27. The summed E-state index contributed by atoms with van der Waals surface area (Å²) in [5.74, 6) is -0.0584. The van der Waals surface area contributed by atoms with Crippen LogP contribution in [-0.4, -0.2) is 22.5 Å². The molecule has 0 bridgehead atoms. The number of nitrogens with one attached hydrogen (secondary N) is 1. The summed E-state index contributed by atoms with van der Waals surface area (Å²) < 4.78 is 0. The maximum absolute atomic E-state index is 10.6. The Labute approximate surface area is 153 Å². The van der Waals surface area contributed by atoms with Gasteiger partial charge in [0.15, 0.2) is 0 Å². The monoisotopic (exact) mass is 357 g/mol. The fourth-order valence-corrected chi connectivity index (χ4v) is 3.51. The number of fused-ring (bicyclic) bond motifs is 2. The van der Waals surface area contributed by atoms with E-state index in [1.165, 1.54) is 0 Å². The van der Waals surface area contributed by atoms with Crippen LogP contribution >= 0.6 is 11.6 Å². The van der Waals surface area contributed by atoms with Gasteiger partial charge in [0.05, 0.1) is 5.02 Å². The molecule has 3 rings (SSSR count). The molecule has 0 aliphatic rings. The number of aliphatic hydroxyl groups excluding tert-OH is 1. The average molecular weight is 358 g/mol. The fraction of sp³-hybridized carbons (Fsp3) is 0.333. The van der Waals surface area contributed by atoms with E-state index in [-0.39, 0.29) is 12.5 Å². The van der Waals surface area contributed by atoms with Gasteiger partial charge in [0.25, 0.3) is 0 Å². The van der Waals surface area contributed by atoms with Crippen molar-refractivity contribution in [2.24, 2.45) is 5.92 Å². The average Bonchev–Trinajstić information content (AvgIpc) is 2.60. The van der Waals surface area contributed by atoms with Gasteiger partial charge >= 0.3 is 0 Å². The lowest BCUT2D eigenvalue weighted by Crippen LogP contribution is -2.47. The van der Waals surface area contributed by atoms with Crippen LogP contribution in [0.25, 0.3) is 21.5 Å². The second kappa shape index (κ2) is 7.30. The van der Waals surface area contributed by atoms with Gasteiger partial charge in [-0.05, 0) is 35.7 Å². The third-order valence-corrected chi connectivity index (χ3v) is 5.50. The van der Waals surface area contributed by atoms with Crippen LogP contribution in [0, 0.1) is 5.92 Å². The molecule has 0 amide bonds.